The van der Waals surface area contributed by atoms with Gasteiger partial charge in [-0.25, -0.2) is 0 Å². The second-order valence-electron chi connectivity index (χ2n) is 7.77. The number of carbonyl (C=O) groups is 1. The van der Waals surface area contributed by atoms with Crippen molar-refractivity contribution in [3.8, 4) is 22.5 Å². The minimum absolute atomic E-state index is 0.292. The Bertz CT molecular complexity index is 1450. The van der Waals surface area contributed by atoms with Gasteiger partial charge in [0, 0.05) is 29.1 Å². The van der Waals surface area contributed by atoms with E-state index in [9.17, 15) is 4.79 Å². The number of rotatable bonds is 5. The van der Waals surface area contributed by atoms with Gasteiger partial charge in [-0.15, -0.1) is 15.3 Å². The molecule has 5 aromatic rings. The Morgan fingerprint density at radius 1 is 1.03 bits per heavy atom. The standard InChI is InChI=1S/C23H18N8O/c32-23(20-12-14(9-10-24-20)18-5-2-6-19-21(18)28-30-27-19)26-16-4-1-3-15(11-16)22-29-25-13-31(22)17-7-8-17/h1-6,9-13,17H,7-8H2,(H,26,32)(H,27,28,30). The lowest BCUT2D eigenvalue weighted by Gasteiger charge is -2.09. The summed E-state index contributed by atoms with van der Waals surface area (Å²) >= 11 is 0. The molecule has 2 N–H and O–H groups in total. The number of carbonyl (C=O) groups excluding carboxylic acids is 1. The molecule has 1 saturated carbocycles. The van der Waals surface area contributed by atoms with Crippen LogP contribution in [-0.4, -0.2) is 41.1 Å². The van der Waals surface area contributed by atoms with Crippen molar-refractivity contribution in [2.45, 2.75) is 18.9 Å². The van der Waals surface area contributed by atoms with Crippen LogP contribution in [-0.2, 0) is 0 Å². The lowest BCUT2D eigenvalue weighted by molar-refractivity contribution is 0.102. The number of pyridine rings is 1. The Morgan fingerprint density at radius 2 is 1.94 bits per heavy atom. The Balaban J connectivity index is 1.28. The second kappa shape index (κ2) is 7.38. The van der Waals surface area contributed by atoms with E-state index in [0.717, 1.165) is 46.4 Å². The fourth-order valence-corrected chi connectivity index (χ4v) is 3.83. The molecule has 1 aliphatic rings. The highest BCUT2D eigenvalue weighted by Gasteiger charge is 2.26. The molecule has 3 aromatic heterocycles. The Hall–Kier alpha value is -4.40. The summed E-state index contributed by atoms with van der Waals surface area (Å²) < 4.78 is 2.09. The van der Waals surface area contributed by atoms with E-state index < -0.39 is 0 Å². The molecule has 9 heteroatoms. The number of hydrogen-bond acceptors (Lipinski definition) is 6. The van der Waals surface area contributed by atoms with E-state index in [-0.39, 0.29) is 5.91 Å². The first-order valence-corrected chi connectivity index (χ1v) is 10.3. The molecule has 3 heterocycles. The molecule has 9 nitrogen and oxygen atoms in total. The lowest BCUT2D eigenvalue weighted by atomic mass is 10.0. The maximum atomic E-state index is 13.0. The summed E-state index contributed by atoms with van der Waals surface area (Å²) in [5.41, 5.74) is 5.20. The van der Waals surface area contributed by atoms with Gasteiger partial charge < -0.3 is 9.88 Å². The molecule has 0 spiro atoms. The van der Waals surface area contributed by atoms with E-state index in [4.69, 9.17) is 0 Å². The highest BCUT2D eigenvalue weighted by molar-refractivity contribution is 6.04. The first kappa shape index (κ1) is 18.4. The molecule has 2 aromatic carbocycles. The van der Waals surface area contributed by atoms with Crippen LogP contribution in [0.25, 0.3) is 33.5 Å². The molecule has 1 aliphatic carbocycles. The van der Waals surface area contributed by atoms with Gasteiger partial charge in [-0.1, -0.05) is 29.5 Å². The van der Waals surface area contributed by atoms with Crippen molar-refractivity contribution in [2.24, 2.45) is 0 Å². The van der Waals surface area contributed by atoms with Crippen molar-refractivity contribution in [2.75, 3.05) is 5.32 Å². The zero-order valence-electron chi connectivity index (χ0n) is 16.9. The highest BCUT2D eigenvalue weighted by Crippen LogP contribution is 2.37. The highest BCUT2D eigenvalue weighted by atomic mass is 16.1. The van der Waals surface area contributed by atoms with Crippen molar-refractivity contribution in [1.29, 1.82) is 0 Å². The summed E-state index contributed by atoms with van der Waals surface area (Å²) in [4.78, 5) is 17.2. The summed E-state index contributed by atoms with van der Waals surface area (Å²) in [6, 6.07) is 17.5. The average Bonchev–Trinajstić information content (AvgIpc) is 3.34. The predicted octanol–water partition coefficient (Wildman–Crippen LogP) is 3.87. The maximum Gasteiger partial charge on any atom is 0.274 e. The molecule has 1 fully saturated rings. The number of hydrogen-bond donors (Lipinski definition) is 2. The van der Waals surface area contributed by atoms with Crippen LogP contribution in [0, 0.1) is 0 Å². The number of fused-ring (bicyclic) bond motifs is 1. The first-order chi connectivity index (χ1) is 15.8. The molecular weight excluding hydrogens is 404 g/mol. The van der Waals surface area contributed by atoms with Gasteiger partial charge in [-0.2, -0.15) is 0 Å². The third kappa shape index (κ3) is 3.29. The van der Waals surface area contributed by atoms with E-state index in [0.29, 0.717) is 17.4 Å². The van der Waals surface area contributed by atoms with Gasteiger partial charge >= 0.3 is 0 Å². The largest absolute Gasteiger partial charge is 0.321 e. The van der Waals surface area contributed by atoms with Crippen LogP contribution in [0.3, 0.4) is 0 Å². The number of aromatic nitrogens is 7. The minimum atomic E-state index is -0.292. The van der Waals surface area contributed by atoms with Gasteiger partial charge in [0.15, 0.2) is 5.82 Å². The van der Waals surface area contributed by atoms with Crippen LogP contribution in [0.4, 0.5) is 5.69 Å². The number of nitrogens with one attached hydrogen (secondary N) is 2. The van der Waals surface area contributed by atoms with Crippen LogP contribution in [0.1, 0.15) is 29.4 Å². The molecule has 6 rings (SSSR count). The van der Waals surface area contributed by atoms with Crippen molar-refractivity contribution < 1.29 is 4.79 Å². The number of benzene rings is 2. The summed E-state index contributed by atoms with van der Waals surface area (Å²) in [6.07, 6.45) is 5.68. The SMILES string of the molecule is O=C(Nc1cccc(-c2nncn2C2CC2)c1)c1cc(-c2cccc3[nH]nnc23)ccn1. The molecule has 0 bridgehead atoms. The number of H-pyrrole nitrogens is 1. The van der Waals surface area contributed by atoms with Gasteiger partial charge in [-0.3, -0.25) is 14.9 Å². The Kier molecular flexibility index (Phi) is 4.24. The van der Waals surface area contributed by atoms with Gasteiger partial charge in [0.2, 0.25) is 0 Å². The third-order valence-corrected chi connectivity index (χ3v) is 5.55. The summed E-state index contributed by atoms with van der Waals surface area (Å²) in [5.74, 6) is 0.518. The topological polar surface area (TPSA) is 114 Å². The van der Waals surface area contributed by atoms with Crippen molar-refractivity contribution in [3.05, 3.63) is 72.8 Å². The predicted molar refractivity (Wildman–Crippen MR) is 119 cm³/mol. The molecule has 0 radical (unpaired) electrons. The monoisotopic (exact) mass is 422 g/mol. The van der Waals surface area contributed by atoms with E-state index in [1.54, 1.807) is 18.6 Å². The summed E-state index contributed by atoms with van der Waals surface area (Å²) in [5, 5.41) is 22.2. The lowest BCUT2D eigenvalue weighted by Crippen LogP contribution is -2.13. The molecule has 32 heavy (non-hydrogen) atoms. The fraction of sp³-hybridized carbons (Fsp3) is 0.130. The Labute approximate surface area is 182 Å². The van der Waals surface area contributed by atoms with Crippen molar-refractivity contribution >= 4 is 22.6 Å². The number of nitrogens with zero attached hydrogens (tertiary/aromatic N) is 6. The number of aromatic amines is 1. The van der Waals surface area contributed by atoms with Crippen LogP contribution in [0.5, 0.6) is 0 Å². The van der Waals surface area contributed by atoms with E-state index in [1.165, 1.54) is 0 Å². The smallest absolute Gasteiger partial charge is 0.274 e. The zero-order chi connectivity index (χ0) is 21.5. The first-order valence-electron chi connectivity index (χ1n) is 10.3. The summed E-state index contributed by atoms with van der Waals surface area (Å²) in [6.45, 7) is 0. The Morgan fingerprint density at radius 3 is 2.84 bits per heavy atom. The van der Waals surface area contributed by atoms with Gasteiger partial charge in [-0.05, 0) is 48.7 Å². The van der Waals surface area contributed by atoms with Crippen LogP contribution in [0.2, 0.25) is 0 Å². The van der Waals surface area contributed by atoms with Crippen LogP contribution in [0.15, 0.2) is 67.1 Å². The zero-order valence-corrected chi connectivity index (χ0v) is 16.9. The molecular formula is C23H18N8O. The van der Waals surface area contributed by atoms with E-state index >= 15 is 0 Å². The van der Waals surface area contributed by atoms with E-state index in [2.05, 4.69) is 40.5 Å². The molecule has 0 aliphatic heterocycles. The second-order valence-corrected chi connectivity index (χ2v) is 7.77. The maximum absolute atomic E-state index is 13.0. The summed E-state index contributed by atoms with van der Waals surface area (Å²) in [7, 11) is 0. The van der Waals surface area contributed by atoms with E-state index in [1.807, 2.05) is 48.5 Å². The fourth-order valence-electron chi connectivity index (χ4n) is 3.83. The molecule has 156 valence electrons. The van der Waals surface area contributed by atoms with Crippen molar-refractivity contribution in [1.82, 2.24) is 35.2 Å². The minimum Gasteiger partial charge on any atom is -0.321 e. The number of anilines is 1. The molecule has 0 atom stereocenters. The normalized spacial score (nSPS) is 13.4. The molecule has 0 saturated heterocycles. The average molecular weight is 422 g/mol. The quantitative estimate of drug-likeness (QED) is 0.444. The van der Waals surface area contributed by atoms with Crippen LogP contribution >= 0.6 is 0 Å². The van der Waals surface area contributed by atoms with Crippen LogP contribution < -0.4 is 5.32 Å². The van der Waals surface area contributed by atoms with Gasteiger partial charge in [0.05, 0.1) is 5.52 Å². The third-order valence-electron chi connectivity index (χ3n) is 5.55. The molecule has 1 amide bonds. The van der Waals surface area contributed by atoms with Crippen molar-refractivity contribution in [3.63, 3.8) is 0 Å². The molecule has 0 unspecified atom stereocenters. The number of amides is 1. The van der Waals surface area contributed by atoms with Gasteiger partial charge in [0.25, 0.3) is 5.91 Å². The van der Waals surface area contributed by atoms with Gasteiger partial charge in [0.1, 0.15) is 17.5 Å².